The number of nitriles is 1. The van der Waals surface area contributed by atoms with Crippen LogP contribution in [0.5, 0.6) is 5.75 Å². The fraction of sp³-hybridized carbons (Fsp3) is 0.0968. The van der Waals surface area contributed by atoms with E-state index in [9.17, 15) is 9.59 Å². The van der Waals surface area contributed by atoms with Gasteiger partial charge in [0.25, 0.3) is 0 Å². The predicted molar refractivity (Wildman–Crippen MR) is 153 cm³/mol. The molecule has 198 valence electrons. The van der Waals surface area contributed by atoms with Crippen LogP contribution in [0.4, 0.5) is 21.9 Å². The Kier molecular flexibility index (Phi) is 7.81. The van der Waals surface area contributed by atoms with Crippen molar-refractivity contribution in [2.24, 2.45) is 10.8 Å². The van der Waals surface area contributed by atoms with Gasteiger partial charge in [-0.05, 0) is 60.2 Å². The van der Waals surface area contributed by atoms with Gasteiger partial charge in [0, 0.05) is 11.3 Å². The molecule has 3 amide bonds. The number of benzene rings is 4. The Labute approximate surface area is 231 Å². The van der Waals surface area contributed by atoms with E-state index < -0.39 is 0 Å². The number of fused-ring (bicyclic) bond motifs is 1. The molecule has 0 spiro atoms. The number of nitrogens with zero attached hydrogens (tertiary/aromatic N) is 4. The first-order valence-electron chi connectivity index (χ1n) is 12.6. The number of carbonyl (C=O) groups is 2. The van der Waals surface area contributed by atoms with Crippen molar-refractivity contribution in [2.45, 2.75) is 6.54 Å². The van der Waals surface area contributed by atoms with E-state index in [4.69, 9.17) is 20.8 Å². The molecule has 3 N–H and O–H groups in total. The van der Waals surface area contributed by atoms with Gasteiger partial charge in [-0.15, -0.1) is 0 Å². The maximum Gasteiger partial charge on any atom is 0.349 e. The molecular formula is C31H26N6O3. The minimum absolute atomic E-state index is 0.0966. The van der Waals surface area contributed by atoms with Gasteiger partial charge in [-0.1, -0.05) is 48.5 Å². The molecule has 0 saturated heterocycles. The summed E-state index contributed by atoms with van der Waals surface area (Å²) in [7, 11) is 0. The molecule has 9 nitrogen and oxygen atoms in total. The number of rotatable bonds is 8. The number of hydrogen-bond acceptors (Lipinski definition) is 6. The summed E-state index contributed by atoms with van der Waals surface area (Å²) >= 11 is 0. The molecule has 1 heterocycles. The van der Waals surface area contributed by atoms with E-state index in [1.54, 1.807) is 53.4 Å². The zero-order valence-corrected chi connectivity index (χ0v) is 21.5. The molecule has 1 aliphatic rings. The minimum atomic E-state index is -0.344. The first-order valence-corrected chi connectivity index (χ1v) is 12.6. The van der Waals surface area contributed by atoms with Crippen molar-refractivity contribution in [3.05, 3.63) is 120 Å². The monoisotopic (exact) mass is 530 g/mol. The number of nitrogens with two attached hydrogens (primary N) is 1. The second kappa shape index (κ2) is 11.9. The van der Waals surface area contributed by atoms with Crippen LogP contribution in [0.3, 0.4) is 0 Å². The lowest BCUT2D eigenvalue weighted by Gasteiger charge is -2.27. The average Bonchev–Trinajstić information content (AvgIpc) is 3.11. The van der Waals surface area contributed by atoms with E-state index in [1.807, 2.05) is 54.6 Å². The Morgan fingerprint density at radius 2 is 1.62 bits per heavy atom. The molecule has 5 rings (SSSR count). The molecule has 0 fully saturated rings. The topological polar surface area (TPSA) is 124 Å². The Bertz CT molecular complexity index is 1580. The van der Waals surface area contributed by atoms with E-state index in [0.717, 1.165) is 11.1 Å². The van der Waals surface area contributed by atoms with Crippen molar-refractivity contribution in [3.63, 3.8) is 0 Å². The van der Waals surface area contributed by atoms with Gasteiger partial charge in [0.15, 0.2) is 0 Å². The van der Waals surface area contributed by atoms with Crippen molar-refractivity contribution in [3.8, 4) is 11.8 Å². The first-order chi connectivity index (χ1) is 19.6. The maximum absolute atomic E-state index is 14.1. The third-order valence-corrected chi connectivity index (χ3v) is 6.24. The lowest BCUT2D eigenvalue weighted by Crippen LogP contribution is -2.36. The summed E-state index contributed by atoms with van der Waals surface area (Å²) in [5.74, 6) is 0.273. The van der Waals surface area contributed by atoms with Crippen LogP contribution in [-0.4, -0.2) is 35.8 Å². The van der Waals surface area contributed by atoms with Crippen LogP contribution >= 0.6 is 0 Å². The predicted octanol–water partition coefficient (Wildman–Crippen LogP) is 5.01. The molecule has 0 aromatic heterocycles. The zero-order valence-electron chi connectivity index (χ0n) is 21.5. The number of para-hydroxylation sites is 1. The Balaban J connectivity index is 1.53. The summed E-state index contributed by atoms with van der Waals surface area (Å²) in [5.41, 5.74) is 9.99. The highest BCUT2D eigenvalue weighted by atomic mass is 16.5. The summed E-state index contributed by atoms with van der Waals surface area (Å²) in [6.45, 7) is 0.216. The van der Waals surface area contributed by atoms with Gasteiger partial charge in [-0.2, -0.15) is 10.4 Å². The molecule has 0 unspecified atom stereocenters. The fourth-order valence-electron chi connectivity index (χ4n) is 4.27. The Hall–Kier alpha value is -5.46. The number of nitrogens with one attached hydrogen (secondary N) is 1. The van der Waals surface area contributed by atoms with E-state index >= 15 is 0 Å². The van der Waals surface area contributed by atoms with Gasteiger partial charge in [0.1, 0.15) is 18.1 Å². The fourth-order valence-corrected chi connectivity index (χ4v) is 4.27. The van der Waals surface area contributed by atoms with Crippen LogP contribution in [0.25, 0.3) is 0 Å². The summed E-state index contributed by atoms with van der Waals surface area (Å²) in [6.07, 6.45) is 0. The lowest BCUT2D eigenvalue weighted by atomic mass is 10.1. The number of urea groups is 1. The first kappa shape index (κ1) is 26.2. The van der Waals surface area contributed by atoms with Gasteiger partial charge >= 0.3 is 6.03 Å². The van der Waals surface area contributed by atoms with Crippen molar-refractivity contribution < 1.29 is 14.3 Å². The highest BCUT2D eigenvalue weighted by Gasteiger charge is 2.31. The summed E-state index contributed by atoms with van der Waals surface area (Å²) < 4.78 is 6.05. The number of hydrogen-bond donors (Lipinski definition) is 2. The summed E-state index contributed by atoms with van der Waals surface area (Å²) in [4.78, 5) is 27.4. The van der Waals surface area contributed by atoms with Crippen LogP contribution in [0.15, 0.2) is 108 Å². The summed E-state index contributed by atoms with van der Waals surface area (Å²) in [5, 5.41) is 18.0. The Morgan fingerprint density at radius 3 is 2.33 bits per heavy atom. The minimum Gasteiger partial charge on any atom is -0.487 e. The normalized spacial score (nSPS) is 12.6. The second-order valence-corrected chi connectivity index (χ2v) is 8.95. The highest BCUT2D eigenvalue weighted by molar-refractivity contribution is 6.13. The molecule has 0 bridgehead atoms. The molecule has 4 aromatic rings. The quantitative estimate of drug-likeness (QED) is 0.331. The van der Waals surface area contributed by atoms with Gasteiger partial charge in [-0.3, -0.25) is 9.69 Å². The van der Waals surface area contributed by atoms with Crippen molar-refractivity contribution >= 4 is 34.7 Å². The summed E-state index contributed by atoms with van der Waals surface area (Å²) in [6, 6.07) is 32.7. The van der Waals surface area contributed by atoms with Crippen LogP contribution in [0, 0.1) is 11.3 Å². The molecular weight excluding hydrogens is 504 g/mol. The molecule has 9 heteroatoms. The van der Waals surface area contributed by atoms with Gasteiger partial charge in [0.05, 0.1) is 36.1 Å². The molecule has 0 saturated carbocycles. The van der Waals surface area contributed by atoms with E-state index in [2.05, 4.69) is 11.4 Å². The van der Waals surface area contributed by atoms with Gasteiger partial charge in [0.2, 0.25) is 5.91 Å². The number of ether oxygens (including phenoxy) is 1. The van der Waals surface area contributed by atoms with Crippen LogP contribution in [-0.2, 0) is 11.3 Å². The van der Waals surface area contributed by atoms with Crippen molar-refractivity contribution in [1.82, 2.24) is 5.01 Å². The molecule has 0 atom stereocenters. The molecule has 0 radical (unpaired) electrons. The molecule has 4 aromatic carbocycles. The van der Waals surface area contributed by atoms with Crippen molar-refractivity contribution in [1.29, 1.82) is 5.26 Å². The molecule has 40 heavy (non-hydrogen) atoms. The zero-order chi connectivity index (χ0) is 27.9. The average molecular weight is 531 g/mol. The second-order valence-electron chi connectivity index (χ2n) is 8.95. The molecule has 1 aliphatic heterocycles. The Morgan fingerprint density at radius 1 is 0.925 bits per heavy atom. The van der Waals surface area contributed by atoms with Crippen molar-refractivity contribution in [2.75, 3.05) is 23.4 Å². The largest absolute Gasteiger partial charge is 0.487 e. The van der Waals surface area contributed by atoms with Gasteiger partial charge < -0.3 is 15.8 Å². The molecule has 0 aliphatic carbocycles. The van der Waals surface area contributed by atoms with E-state index in [1.165, 1.54) is 5.01 Å². The standard InChI is InChI=1S/C31H26N6O3/c32-18-22-10-16-26(17-11-22)40-21-28-27-8-4-5-9-29(27)37(25-14-12-24(13-15-25)34-30(38)19-33)31(39)36(35-28)20-23-6-2-1-3-7-23/h1-17H,19-21,33H2,(H,34,38). The van der Waals surface area contributed by atoms with Crippen LogP contribution in [0.2, 0.25) is 0 Å². The smallest absolute Gasteiger partial charge is 0.349 e. The van der Waals surface area contributed by atoms with E-state index in [-0.39, 0.29) is 31.6 Å². The van der Waals surface area contributed by atoms with Crippen LogP contribution < -0.4 is 20.7 Å². The number of anilines is 3. The SMILES string of the molecule is N#Cc1ccc(OCC2=NN(Cc3ccccc3)C(=O)N(c3ccc(NC(=O)CN)cc3)c3ccccc32)cc1. The third-order valence-electron chi connectivity index (χ3n) is 6.24. The lowest BCUT2D eigenvalue weighted by molar-refractivity contribution is -0.114. The van der Waals surface area contributed by atoms with Crippen LogP contribution in [0.1, 0.15) is 16.7 Å². The maximum atomic E-state index is 14.1. The number of hydrazone groups is 1. The highest BCUT2D eigenvalue weighted by Crippen LogP contribution is 2.34. The number of carbonyl (C=O) groups excluding carboxylic acids is 2. The third kappa shape index (κ3) is 5.83. The van der Waals surface area contributed by atoms with E-state index in [0.29, 0.717) is 34.1 Å². The van der Waals surface area contributed by atoms with Gasteiger partial charge in [-0.25, -0.2) is 9.80 Å². The number of amides is 3.